The zero-order chi connectivity index (χ0) is 29.1. The van der Waals surface area contributed by atoms with Crippen molar-refractivity contribution in [2.75, 3.05) is 33.2 Å². The molecule has 41 heavy (non-hydrogen) atoms. The molecule has 0 aromatic heterocycles. The molecular weight excluding hydrogens is 581 g/mol. The maximum absolute atomic E-state index is 13.7. The van der Waals surface area contributed by atoms with Crippen LogP contribution >= 0.6 is 34.8 Å². The van der Waals surface area contributed by atoms with Crippen LogP contribution in [0.4, 0.5) is 0 Å². The van der Waals surface area contributed by atoms with Gasteiger partial charge >= 0.3 is 0 Å². The summed E-state index contributed by atoms with van der Waals surface area (Å²) < 4.78 is 0. The molecule has 0 bridgehead atoms. The lowest BCUT2D eigenvalue weighted by atomic mass is 9.83. The summed E-state index contributed by atoms with van der Waals surface area (Å²) in [5, 5.41) is 1.46. The molecule has 2 aliphatic heterocycles. The lowest BCUT2D eigenvalue weighted by Gasteiger charge is -2.44. The maximum atomic E-state index is 13.7. The van der Waals surface area contributed by atoms with E-state index in [1.54, 1.807) is 35.2 Å². The third kappa shape index (κ3) is 6.56. The Morgan fingerprint density at radius 1 is 0.756 bits per heavy atom. The Kier molecular flexibility index (Phi) is 9.22. The standard InChI is InChI=1S/C32H32Cl3N3O3/c1-36(30(39)22-7-10-25(33)11-8-22)29-15-18-38(20-26(29)24-9-12-27(34)28(35)19-24)32(41)23-13-16-37(17-14-23)31(40)21-5-3-2-4-6-21/h2-12,19,23,26,29H,13-18,20H2,1H3/t26-,29+/m0/s1. The fourth-order valence-corrected chi connectivity index (χ4v) is 6.40. The Labute approximate surface area is 255 Å². The van der Waals surface area contributed by atoms with Crippen LogP contribution in [0.5, 0.6) is 0 Å². The molecular formula is C32H32Cl3N3O3. The van der Waals surface area contributed by atoms with E-state index in [2.05, 4.69) is 0 Å². The first kappa shape index (κ1) is 29.4. The van der Waals surface area contributed by atoms with Crippen LogP contribution in [0.15, 0.2) is 72.8 Å². The molecule has 214 valence electrons. The topological polar surface area (TPSA) is 60.9 Å². The Hall–Kier alpha value is -3.06. The number of amides is 3. The minimum absolute atomic E-state index is 0.00499. The van der Waals surface area contributed by atoms with Gasteiger partial charge in [-0.3, -0.25) is 14.4 Å². The van der Waals surface area contributed by atoms with Gasteiger partial charge in [-0.2, -0.15) is 0 Å². The minimum Gasteiger partial charge on any atom is -0.342 e. The van der Waals surface area contributed by atoms with Gasteiger partial charge < -0.3 is 14.7 Å². The molecule has 0 saturated carbocycles. The van der Waals surface area contributed by atoms with Gasteiger partial charge in [-0.1, -0.05) is 59.1 Å². The molecule has 6 nitrogen and oxygen atoms in total. The van der Waals surface area contributed by atoms with Crippen LogP contribution in [-0.4, -0.2) is 71.7 Å². The van der Waals surface area contributed by atoms with Crippen molar-refractivity contribution in [1.29, 1.82) is 0 Å². The highest BCUT2D eigenvalue weighted by Crippen LogP contribution is 2.36. The smallest absolute Gasteiger partial charge is 0.253 e. The van der Waals surface area contributed by atoms with Crippen LogP contribution in [0.1, 0.15) is 51.5 Å². The van der Waals surface area contributed by atoms with Crippen molar-refractivity contribution < 1.29 is 14.4 Å². The van der Waals surface area contributed by atoms with E-state index in [9.17, 15) is 14.4 Å². The number of piperidine rings is 2. The normalized spacial score (nSPS) is 19.6. The molecule has 3 amide bonds. The highest BCUT2D eigenvalue weighted by Gasteiger charge is 2.39. The van der Waals surface area contributed by atoms with Crippen molar-refractivity contribution in [3.05, 3.63) is 105 Å². The minimum atomic E-state index is -0.150. The van der Waals surface area contributed by atoms with Crippen molar-refractivity contribution in [3.8, 4) is 0 Å². The summed E-state index contributed by atoms with van der Waals surface area (Å²) in [4.78, 5) is 45.6. The fraction of sp³-hybridized carbons (Fsp3) is 0.344. The summed E-state index contributed by atoms with van der Waals surface area (Å²) in [7, 11) is 1.81. The number of carbonyl (C=O) groups is 3. The molecule has 2 atom stereocenters. The quantitative estimate of drug-likeness (QED) is 0.324. The predicted molar refractivity (Wildman–Crippen MR) is 163 cm³/mol. The Bertz CT molecular complexity index is 1410. The molecule has 9 heteroatoms. The van der Waals surface area contributed by atoms with E-state index < -0.39 is 0 Å². The second-order valence-electron chi connectivity index (χ2n) is 10.8. The number of carbonyl (C=O) groups excluding carboxylic acids is 3. The number of benzene rings is 3. The number of hydrogen-bond acceptors (Lipinski definition) is 3. The Balaban J connectivity index is 1.30. The van der Waals surface area contributed by atoms with E-state index in [0.29, 0.717) is 71.6 Å². The monoisotopic (exact) mass is 611 g/mol. The molecule has 0 N–H and O–H groups in total. The first-order valence-corrected chi connectivity index (χ1v) is 15.0. The van der Waals surface area contributed by atoms with Crippen molar-refractivity contribution in [2.24, 2.45) is 5.92 Å². The summed E-state index contributed by atoms with van der Waals surface area (Å²) in [5.74, 6) is -0.290. The number of likely N-dealkylation sites (tertiary alicyclic amines) is 2. The summed E-state index contributed by atoms with van der Waals surface area (Å²) >= 11 is 18.6. The summed E-state index contributed by atoms with van der Waals surface area (Å²) in [6, 6.07) is 21.5. The Morgan fingerprint density at radius 2 is 1.41 bits per heavy atom. The molecule has 0 aliphatic carbocycles. The third-order valence-electron chi connectivity index (χ3n) is 8.32. The zero-order valence-corrected chi connectivity index (χ0v) is 25.1. The number of nitrogens with zero attached hydrogens (tertiary/aromatic N) is 3. The number of rotatable bonds is 5. The summed E-state index contributed by atoms with van der Waals surface area (Å²) in [5.41, 5.74) is 2.15. The van der Waals surface area contributed by atoms with E-state index in [1.807, 2.05) is 59.3 Å². The first-order chi connectivity index (χ1) is 19.7. The molecule has 0 unspecified atom stereocenters. The van der Waals surface area contributed by atoms with Crippen LogP contribution in [0.3, 0.4) is 0 Å². The maximum Gasteiger partial charge on any atom is 0.253 e. The van der Waals surface area contributed by atoms with Gasteiger partial charge in [0.05, 0.1) is 10.0 Å². The molecule has 0 spiro atoms. The van der Waals surface area contributed by atoms with E-state index >= 15 is 0 Å². The van der Waals surface area contributed by atoms with Crippen molar-refractivity contribution >= 4 is 52.5 Å². The second kappa shape index (κ2) is 12.8. The Morgan fingerprint density at radius 3 is 2.07 bits per heavy atom. The fourth-order valence-electron chi connectivity index (χ4n) is 5.97. The SMILES string of the molecule is CN(C(=O)c1ccc(Cl)cc1)[C@@H]1CCN(C(=O)C2CCN(C(=O)c3ccccc3)CC2)C[C@H]1c1ccc(Cl)c(Cl)c1. The lowest BCUT2D eigenvalue weighted by molar-refractivity contribution is -0.138. The average molecular weight is 613 g/mol. The van der Waals surface area contributed by atoms with Gasteiger partial charge in [-0.05, 0) is 73.4 Å². The van der Waals surface area contributed by atoms with Crippen LogP contribution in [-0.2, 0) is 4.79 Å². The number of halogens is 3. The molecule has 5 rings (SSSR count). The van der Waals surface area contributed by atoms with E-state index in [0.717, 1.165) is 5.56 Å². The highest BCUT2D eigenvalue weighted by molar-refractivity contribution is 6.42. The van der Waals surface area contributed by atoms with E-state index in [4.69, 9.17) is 34.8 Å². The number of likely N-dealkylation sites (N-methyl/N-ethyl adjacent to an activating group) is 1. The summed E-state index contributed by atoms with van der Waals surface area (Å²) in [6.07, 6.45) is 1.88. The van der Waals surface area contributed by atoms with Gasteiger partial charge in [0, 0.05) is 67.3 Å². The van der Waals surface area contributed by atoms with E-state index in [1.165, 1.54) is 0 Å². The second-order valence-corrected chi connectivity index (χ2v) is 12.0. The van der Waals surface area contributed by atoms with Gasteiger partial charge in [-0.25, -0.2) is 0 Å². The largest absolute Gasteiger partial charge is 0.342 e. The molecule has 2 fully saturated rings. The molecule has 0 radical (unpaired) electrons. The molecule has 3 aromatic rings. The molecule has 2 saturated heterocycles. The van der Waals surface area contributed by atoms with Gasteiger partial charge in [0.2, 0.25) is 5.91 Å². The van der Waals surface area contributed by atoms with Crippen LogP contribution in [0, 0.1) is 5.92 Å². The van der Waals surface area contributed by atoms with Gasteiger partial charge in [-0.15, -0.1) is 0 Å². The summed E-state index contributed by atoms with van der Waals surface area (Å²) in [6.45, 7) is 2.11. The van der Waals surface area contributed by atoms with Crippen molar-refractivity contribution in [1.82, 2.24) is 14.7 Å². The number of hydrogen-bond donors (Lipinski definition) is 0. The zero-order valence-electron chi connectivity index (χ0n) is 22.8. The molecule has 3 aromatic carbocycles. The van der Waals surface area contributed by atoms with Gasteiger partial charge in [0.25, 0.3) is 11.8 Å². The average Bonchev–Trinajstić information content (AvgIpc) is 3.01. The van der Waals surface area contributed by atoms with Crippen LogP contribution in [0.25, 0.3) is 0 Å². The van der Waals surface area contributed by atoms with Crippen LogP contribution in [0.2, 0.25) is 15.1 Å². The van der Waals surface area contributed by atoms with Crippen molar-refractivity contribution in [2.45, 2.75) is 31.2 Å². The first-order valence-electron chi connectivity index (χ1n) is 13.8. The van der Waals surface area contributed by atoms with Crippen LogP contribution < -0.4 is 0 Å². The highest BCUT2D eigenvalue weighted by atomic mass is 35.5. The van der Waals surface area contributed by atoms with Gasteiger partial charge in [0.15, 0.2) is 0 Å². The van der Waals surface area contributed by atoms with Crippen molar-refractivity contribution in [3.63, 3.8) is 0 Å². The third-order valence-corrected chi connectivity index (χ3v) is 9.31. The lowest BCUT2D eigenvalue weighted by Crippen LogP contribution is -2.53. The molecule has 2 heterocycles. The molecule has 2 aliphatic rings. The van der Waals surface area contributed by atoms with Gasteiger partial charge in [0.1, 0.15) is 0 Å². The van der Waals surface area contributed by atoms with E-state index in [-0.39, 0.29) is 35.6 Å². The predicted octanol–water partition coefficient (Wildman–Crippen LogP) is 6.66.